The first-order chi connectivity index (χ1) is 15.6. The van der Waals surface area contributed by atoms with Gasteiger partial charge in [-0.05, 0) is 36.0 Å². The van der Waals surface area contributed by atoms with Crippen LogP contribution in [0.3, 0.4) is 0 Å². The van der Waals surface area contributed by atoms with Gasteiger partial charge in [0.25, 0.3) is 0 Å². The Morgan fingerprint density at radius 1 is 1.09 bits per heavy atom. The van der Waals surface area contributed by atoms with Gasteiger partial charge >= 0.3 is 5.76 Å². The summed E-state index contributed by atoms with van der Waals surface area (Å²) in [5.41, 5.74) is 1.52. The van der Waals surface area contributed by atoms with Crippen molar-refractivity contribution in [3.63, 3.8) is 0 Å². The molecule has 176 valence electrons. The standard InChI is InChI=1S/C24H29N3O5S/c1-17-11-18(2)14-26(13-17)33(30,31)20-9-10-21-22(12-20)32-24(29)27(21)16-23(28)25(3)15-19-7-5-4-6-8-19/h4-10,12,17-18H,11,13-16H2,1-3H3/t17-,18+. The third-order valence-electron chi connectivity index (χ3n) is 6.09. The van der Waals surface area contributed by atoms with Crippen molar-refractivity contribution in [3.05, 3.63) is 64.6 Å². The Bertz CT molecular complexity index is 1300. The van der Waals surface area contributed by atoms with Gasteiger partial charge in [-0.3, -0.25) is 9.36 Å². The fourth-order valence-electron chi connectivity index (χ4n) is 4.51. The summed E-state index contributed by atoms with van der Waals surface area (Å²) in [4.78, 5) is 26.8. The van der Waals surface area contributed by atoms with E-state index in [2.05, 4.69) is 0 Å². The normalized spacial score (nSPS) is 19.6. The molecule has 0 aliphatic carbocycles. The van der Waals surface area contributed by atoms with E-state index in [1.54, 1.807) is 7.05 Å². The van der Waals surface area contributed by atoms with Gasteiger partial charge in [-0.25, -0.2) is 13.2 Å². The molecule has 1 aromatic heterocycles. The van der Waals surface area contributed by atoms with E-state index in [4.69, 9.17) is 4.42 Å². The van der Waals surface area contributed by atoms with Crippen molar-refractivity contribution < 1.29 is 17.6 Å². The van der Waals surface area contributed by atoms with E-state index in [9.17, 15) is 18.0 Å². The van der Waals surface area contributed by atoms with Crippen molar-refractivity contribution in [2.24, 2.45) is 11.8 Å². The third kappa shape index (κ3) is 4.89. The van der Waals surface area contributed by atoms with Crippen molar-refractivity contribution >= 4 is 27.0 Å². The highest BCUT2D eigenvalue weighted by Gasteiger charge is 2.32. The highest BCUT2D eigenvalue weighted by atomic mass is 32.2. The Labute approximate surface area is 193 Å². The first kappa shape index (κ1) is 23.3. The molecule has 4 rings (SSSR count). The molecule has 2 heterocycles. The maximum absolute atomic E-state index is 13.2. The molecule has 0 radical (unpaired) electrons. The molecule has 0 unspecified atom stereocenters. The molecular weight excluding hydrogens is 442 g/mol. The molecule has 1 aliphatic heterocycles. The van der Waals surface area contributed by atoms with Crippen LogP contribution in [0.15, 0.2) is 62.6 Å². The van der Waals surface area contributed by atoms with Crippen LogP contribution in [0.1, 0.15) is 25.8 Å². The highest BCUT2D eigenvalue weighted by molar-refractivity contribution is 7.89. The molecule has 1 aliphatic rings. The summed E-state index contributed by atoms with van der Waals surface area (Å²) in [6.45, 7) is 5.26. The largest absolute Gasteiger partial charge is 0.420 e. The minimum absolute atomic E-state index is 0.0877. The number of nitrogens with zero attached hydrogens (tertiary/aromatic N) is 3. The maximum Gasteiger partial charge on any atom is 0.420 e. The SMILES string of the molecule is C[C@@H]1C[C@H](C)CN(S(=O)(=O)c2ccc3c(c2)oc(=O)n3CC(=O)N(C)Cc2ccccc2)C1. The molecule has 8 nitrogen and oxygen atoms in total. The number of hydrogen-bond donors (Lipinski definition) is 0. The number of sulfonamides is 1. The van der Waals surface area contributed by atoms with Gasteiger partial charge in [0.05, 0.1) is 10.4 Å². The first-order valence-corrected chi connectivity index (χ1v) is 12.5. The highest BCUT2D eigenvalue weighted by Crippen LogP contribution is 2.28. The van der Waals surface area contributed by atoms with Crippen LogP contribution in [-0.4, -0.2) is 48.2 Å². The van der Waals surface area contributed by atoms with Gasteiger partial charge < -0.3 is 9.32 Å². The van der Waals surface area contributed by atoms with Crippen LogP contribution < -0.4 is 5.76 Å². The molecule has 1 fully saturated rings. The number of rotatable bonds is 6. The number of hydrogen-bond acceptors (Lipinski definition) is 5. The summed E-state index contributed by atoms with van der Waals surface area (Å²) in [6.07, 6.45) is 0.996. The third-order valence-corrected chi connectivity index (χ3v) is 7.92. The monoisotopic (exact) mass is 471 g/mol. The van der Waals surface area contributed by atoms with Crippen LogP contribution >= 0.6 is 0 Å². The Morgan fingerprint density at radius 2 is 1.76 bits per heavy atom. The van der Waals surface area contributed by atoms with Crippen molar-refractivity contribution in [3.8, 4) is 0 Å². The van der Waals surface area contributed by atoms with E-state index in [1.807, 2.05) is 44.2 Å². The van der Waals surface area contributed by atoms with Crippen LogP contribution in [0, 0.1) is 11.8 Å². The molecule has 0 saturated carbocycles. The quantitative estimate of drug-likeness (QED) is 0.551. The van der Waals surface area contributed by atoms with E-state index in [0.717, 1.165) is 12.0 Å². The number of benzene rings is 2. The van der Waals surface area contributed by atoms with Gasteiger partial charge in [0, 0.05) is 32.7 Å². The van der Waals surface area contributed by atoms with Crippen molar-refractivity contribution in [2.75, 3.05) is 20.1 Å². The fourth-order valence-corrected chi connectivity index (χ4v) is 6.20. The predicted molar refractivity (Wildman–Crippen MR) is 125 cm³/mol. The van der Waals surface area contributed by atoms with Crippen LogP contribution in [0.25, 0.3) is 11.1 Å². The molecule has 1 amide bonds. The lowest BCUT2D eigenvalue weighted by Gasteiger charge is -2.34. The summed E-state index contributed by atoms with van der Waals surface area (Å²) in [6, 6.07) is 14.0. The molecular formula is C24H29N3O5S. The van der Waals surface area contributed by atoms with Crippen LogP contribution in [0.2, 0.25) is 0 Å². The summed E-state index contributed by atoms with van der Waals surface area (Å²) in [7, 11) is -2.03. The number of piperidine rings is 1. The van der Waals surface area contributed by atoms with Crippen molar-refractivity contribution in [2.45, 2.75) is 38.3 Å². The molecule has 33 heavy (non-hydrogen) atoms. The number of aromatic nitrogens is 1. The zero-order valence-corrected chi connectivity index (χ0v) is 19.9. The van der Waals surface area contributed by atoms with E-state index in [-0.39, 0.29) is 34.8 Å². The summed E-state index contributed by atoms with van der Waals surface area (Å²) < 4.78 is 34.4. The molecule has 0 spiro atoms. The number of oxazole rings is 1. The average molecular weight is 472 g/mol. The Hall–Kier alpha value is -2.91. The summed E-state index contributed by atoms with van der Waals surface area (Å²) in [5, 5.41) is 0. The number of amides is 1. The lowest BCUT2D eigenvalue weighted by Crippen LogP contribution is -2.42. The van der Waals surface area contributed by atoms with Gasteiger partial charge in [-0.2, -0.15) is 4.31 Å². The van der Waals surface area contributed by atoms with Crippen molar-refractivity contribution in [1.29, 1.82) is 0 Å². The van der Waals surface area contributed by atoms with Gasteiger partial charge in [0.15, 0.2) is 5.58 Å². The van der Waals surface area contributed by atoms with Crippen molar-refractivity contribution in [1.82, 2.24) is 13.8 Å². The maximum atomic E-state index is 13.2. The number of fused-ring (bicyclic) bond motifs is 1. The van der Waals surface area contributed by atoms with E-state index < -0.39 is 15.8 Å². The number of likely N-dealkylation sites (N-methyl/N-ethyl adjacent to an activating group) is 1. The second kappa shape index (κ2) is 9.15. The molecule has 1 saturated heterocycles. The topological polar surface area (TPSA) is 92.8 Å². The van der Waals surface area contributed by atoms with E-state index in [0.29, 0.717) is 25.2 Å². The predicted octanol–water partition coefficient (Wildman–Crippen LogP) is 2.92. The smallest absolute Gasteiger partial charge is 0.408 e. The van der Waals surface area contributed by atoms with Gasteiger partial charge in [0.1, 0.15) is 6.54 Å². The van der Waals surface area contributed by atoms with E-state index in [1.165, 1.54) is 32.0 Å². The summed E-state index contributed by atoms with van der Waals surface area (Å²) >= 11 is 0. The molecule has 2 aromatic carbocycles. The minimum Gasteiger partial charge on any atom is -0.408 e. The lowest BCUT2D eigenvalue weighted by molar-refractivity contribution is -0.131. The molecule has 0 N–H and O–H groups in total. The second-order valence-corrected chi connectivity index (χ2v) is 11.0. The van der Waals surface area contributed by atoms with Crippen LogP contribution in [0.4, 0.5) is 0 Å². The van der Waals surface area contributed by atoms with Gasteiger partial charge in [-0.1, -0.05) is 44.2 Å². The fraction of sp³-hybridized carbons (Fsp3) is 0.417. The first-order valence-electron chi connectivity index (χ1n) is 11.1. The molecule has 3 aromatic rings. The summed E-state index contributed by atoms with van der Waals surface area (Å²) in [5.74, 6) is -0.381. The lowest BCUT2D eigenvalue weighted by atomic mass is 9.94. The molecule has 0 bridgehead atoms. The number of carbonyl (C=O) groups excluding carboxylic acids is 1. The molecule has 2 atom stereocenters. The van der Waals surface area contributed by atoms with E-state index >= 15 is 0 Å². The van der Waals surface area contributed by atoms with Gasteiger partial charge in [-0.15, -0.1) is 0 Å². The average Bonchev–Trinajstić information content (AvgIpc) is 3.08. The zero-order valence-electron chi connectivity index (χ0n) is 19.1. The van der Waals surface area contributed by atoms with Crippen LogP contribution in [-0.2, 0) is 27.9 Å². The Kier molecular flexibility index (Phi) is 6.45. The molecule has 9 heteroatoms. The Balaban J connectivity index is 1.56. The zero-order chi connectivity index (χ0) is 23.8. The second-order valence-electron chi connectivity index (χ2n) is 9.09. The van der Waals surface area contributed by atoms with Gasteiger partial charge in [0.2, 0.25) is 15.9 Å². The number of carbonyl (C=O) groups is 1. The minimum atomic E-state index is -3.71. The Morgan fingerprint density at radius 3 is 2.42 bits per heavy atom. The van der Waals surface area contributed by atoms with Crippen LogP contribution in [0.5, 0.6) is 0 Å².